The summed E-state index contributed by atoms with van der Waals surface area (Å²) in [6.45, 7) is 0. The molecule has 0 fully saturated rings. The Morgan fingerprint density at radius 2 is 1.04 bits per heavy atom. The first-order chi connectivity index (χ1) is 12.1. The second-order valence-corrected chi connectivity index (χ2v) is 4.95. The minimum absolute atomic E-state index is 0.721. The molecule has 5 heteroatoms. The van der Waals surface area contributed by atoms with E-state index in [1.54, 1.807) is 74.9 Å². The SMILES string of the molecule is COc1ccc(C=CC(=O)OC(=O)C=Cc2ccc(OC)cc2)cc1. The van der Waals surface area contributed by atoms with Gasteiger partial charge in [0.1, 0.15) is 11.5 Å². The molecule has 0 bridgehead atoms. The average molecular weight is 338 g/mol. The Labute approximate surface area is 146 Å². The van der Waals surface area contributed by atoms with E-state index in [0.29, 0.717) is 0 Å². The van der Waals surface area contributed by atoms with Crippen molar-refractivity contribution < 1.29 is 23.8 Å². The Morgan fingerprint density at radius 3 is 1.36 bits per heavy atom. The molecular formula is C20H18O5. The van der Waals surface area contributed by atoms with Gasteiger partial charge in [-0.15, -0.1) is 0 Å². The predicted molar refractivity (Wildman–Crippen MR) is 95.2 cm³/mol. The number of carbonyl (C=O) groups is 2. The molecule has 0 N–H and O–H groups in total. The summed E-state index contributed by atoms with van der Waals surface area (Å²) >= 11 is 0. The molecule has 0 radical (unpaired) electrons. The van der Waals surface area contributed by atoms with Crippen molar-refractivity contribution in [3.05, 3.63) is 71.8 Å². The monoisotopic (exact) mass is 338 g/mol. The van der Waals surface area contributed by atoms with Crippen molar-refractivity contribution in [3.8, 4) is 11.5 Å². The lowest BCUT2D eigenvalue weighted by molar-refractivity contribution is -0.152. The number of ether oxygens (including phenoxy) is 3. The van der Waals surface area contributed by atoms with Gasteiger partial charge in [-0.3, -0.25) is 0 Å². The number of carbonyl (C=O) groups excluding carboxylic acids is 2. The Kier molecular flexibility index (Phi) is 6.54. The first kappa shape index (κ1) is 18.0. The quantitative estimate of drug-likeness (QED) is 0.458. The van der Waals surface area contributed by atoms with Crippen molar-refractivity contribution in [1.82, 2.24) is 0 Å². The zero-order valence-electron chi connectivity index (χ0n) is 14.0. The number of hydrogen-bond donors (Lipinski definition) is 0. The third-order valence-electron chi connectivity index (χ3n) is 3.26. The second-order valence-electron chi connectivity index (χ2n) is 4.95. The minimum atomic E-state index is -0.736. The van der Waals surface area contributed by atoms with Crippen molar-refractivity contribution in [2.24, 2.45) is 0 Å². The summed E-state index contributed by atoms with van der Waals surface area (Å²) in [6, 6.07) is 14.2. The van der Waals surface area contributed by atoms with Gasteiger partial charge in [-0.1, -0.05) is 24.3 Å². The van der Waals surface area contributed by atoms with Gasteiger partial charge in [0.05, 0.1) is 14.2 Å². The van der Waals surface area contributed by atoms with Crippen molar-refractivity contribution in [2.45, 2.75) is 0 Å². The fraction of sp³-hybridized carbons (Fsp3) is 0.100. The Morgan fingerprint density at radius 1 is 0.680 bits per heavy atom. The molecule has 2 aromatic carbocycles. The normalized spacial score (nSPS) is 10.8. The summed E-state index contributed by atoms with van der Waals surface area (Å²) in [7, 11) is 3.15. The van der Waals surface area contributed by atoms with Gasteiger partial charge in [-0.05, 0) is 47.5 Å². The molecule has 0 saturated heterocycles. The van der Waals surface area contributed by atoms with E-state index in [1.807, 2.05) is 0 Å². The highest BCUT2D eigenvalue weighted by Crippen LogP contribution is 2.13. The number of esters is 2. The van der Waals surface area contributed by atoms with Crippen LogP contribution in [-0.4, -0.2) is 26.2 Å². The van der Waals surface area contributed by atoms with Crippen molar-refractivity contribution in [3.63, 3.8) is 0 Å². The number of methoxy groups -OCH3 is 2. The Balaban J connectivity index is 1.86. The van der Waals surface area contributed by atoms with Gasteiger partial charge in [0, 0.05) is 12.2 Å². The van der Waals surface area contributed by atoms with Crippen molar-refractivity contribution in [2.75, 3.05) is 14.2 Å². The molecular weight excluding hydrogens is 320 g/mol. The van der Waals surface area contributed by atoms with E-state index in [9.17, 15) is 9.59 Å². The van der Waals surface area contributed by atoms with E-state index in [2.05, 4.69) is 4.74 Å². The second kappa shape index (κ2) is 9.08. The maximum atomic E-state index is 11.6. The molecule has 0 aliphatic carbocycles. The fourth-order valence-corrected chi connectivity index (χ4v) is 1.93. The van der Waals surface area contributed by atoms with Crippen LogP contribution in [0.4, 0.5) is 0 Å². The van der Waals surface area contributed by atoms with Crippen LogP contribution in [0.1, 0.15) is 11.1 Å². The van der Waals surface area contributed by atoms with Crippen molar-refractivity contribution in [1.29, 1.82) is 0 Å². The summed E-state index contributed by atoms with van der Waals surface area (Å²) in [5.74, 6) is -0.0301. The molecule has 0 aliphatic heterocycles. The smallest absolute Gasteiger partial charge is 0.338 e. The summed E-state index contributed by atoms with van der Waals surface area (Å²) < 4.78 is 14.8. The highest BCUT2D eigenvalue weighted by atomic mass is 16.6. The molecule has 0 saturated carbocycles. The van der Waals surface area contributed by atoms with Gasteiger partial charge in [0.25, 0.3) is 0 Å². The molecule has 0 atom stereocenters. The van der Waals surface area contributed by atoms with Crippen LogP contribution in [0, 0.1) is 0 Å². The third-order valence-corrected chi connectivity index (χ3v) is 3.26. The lowest BCUT2D eigenvalue weighted by Gasteiger charge is -1.99. The summed E-state index contributed by atoms with van der Waals surface area (Å²) in [5.41, 5.74) is 1.58. The number of benzene rings is 2. The number of rotatable bonds is 6. The van der Waals surface area contributed by atoms with E-state index >= 15 is 0 Å². The predicted octanol–water partition coefficient (Wildman–Crippen LogP) is 3.50. The van der Waals surface area contributed by atoms with Crippen LogP contribution < -0.4 is 9.47 Å². The summed E-state index contributed by atoms with van der Waals surface area (Å²) in [4.78, 5) is 23.3. The first-order valence-corrected chi connectivity index (χ1v) is 7.51. The van der Waals surface area contributed by atoms with E-state index < -0.39 is 11.9 Å². The largest absolute Gasteiger partial charge is 0.497 e. The molecule has 2 aromatic rings. The van der Waals surface area contributed by atoms with Crippen LogP contribution in [0.15, 0.2) is 60.7 Å². The Hall–Kier alpha value is -3.34. The highest BCUT2D eigenvalue weighted by molar-refractivity contribution is 5.99. The molecule has 0 aliphatic rings. The van der Waals surface area contributed by atoms with Crippen molar-refractivity contribution >= 4 is 24.1 Å². The molecule has 0 aromatic heterocycles. The summed E-state index contributed by atoms with van der Waals surface area (Å²) in [6.07, 6.45) is 5.51. The maximum absolute atomic E-state index is 11.6. The fourth-order valence-electron chi connectivity index (χ4n) is 1.93. The van der Waals surface area contributed by atoms with E-state index in [0.717, 1.165) is 22.6 Å². The molecule has 0 unspecified atom stereocenters. The van der Waals surface area contributed by atoms with Gasteiger partial charge in [0.2, 0.25) is 0 Å². The van der Waals surface area contributed by atoms with Crippen LogP contribution in [-0.2, 0) is 14.3 Å². The zero-order valence-corrected chi connectivity index (χ0v) is 14.0. The molecule has 2 rings (SSSR count). The molecule has 0 amide bonds. The summed E-state index contributed by atoms with van der Waals surface area (Å²) in [5, 5.41) is 0. The standard InChI is InChI=1S/C20H18O5/c1-23-17-9-3-15(4-10-17)7-13-19(21)25-20(22)14-8-16-5-11-18(24-2)12-6-16/h3-14H,1-2H3. The molecule has 25 heavy (non-hydrogen) atoms. The first-order valence-electron chi connectivity index (χ1n) is 7.51. The van der Waals surface area contributed by atoms with E-state index in [4.69, 9.17) is 9.47 Å². The topological polar surface area (TPSA) is 61.8 Å². The molecule has 0 spiro atoms. The van der Waals surface area contributed by atoms with Gasteiger partial charge < -0.3 is 14.2 Å². The Bertz CT molecular complexity index is 703. The van der Waals surface area contributed by atoms with Crippen LogP contribution >= 0.6 is 0 Å². The van der Waals surface area contributed by atoms with E-state index in [1.165, 1.54) is 12.2 Å². The lowest BCUT2D eigenvalue weighted by Crippen LogP contribution is -2.06. The minimum Gasteiger partial charge on any atom is -0.497 e. The van der Waals surface area contributed by atoms with Crippen LogP contribution in [0.25, 0.3) is 12.2 Å². The lowest BCUT2D eigenvalue weighted by atomic mass is 10.2. The highest BCUT2D eigenvalue weighted by Gasteiger charge is 2.03. The molecule has 0 heterocycles. The van der Waals surface area contributed by atoms with Gasteiger partial charge >= 0.3 is 11.9 Å². The maximum Gasteiger partial charge on any atom is 0.338 e. The van der Waals surface area contributed by atoms with Crippen LogP contribution in [0.3, 0.4) is 0 Å². The molecule has 5 nitrogen and oxygen atoms in total. The zero-order chi connectivity index (χ0) is 18.1. The third kappa shape index (κ3) is 5.99. The molecule has 128 valence electrons. The van der Waals surface area contributed by atoms with E-state index in [-0.39, 0.29) is 0 Å². The van der Waals surface area contributed by atoms with Gasteiger partial charge in [0.15, 0.2) is 0 Å². The van der Waals surface area contributed by atoms with Gasteiger partial charge in [-0.2, -0.15) is 0 Å². The van der Waals surface area contributed by atoms with Crippen LogP contribution in [0.5, 0.6) is 11.5 Å². The van der Waals surface area contributed by atoms with Gasteiger partial charge in [-0.25, -0.2) is 9.59 Å². The van der Waals surface area contributed by atoms with Crippen LogP contribution in [0.2, 0.25) is 0 Å². The average Bonchev–Trinajstić information content (AvgIpc) is 2.65. The number of hydrogen-bond acceptors (Lipinski definition) is 5.